The minimum Gasteiger partial charge on any atom is -0.326 e. The van der Waals surface area contributed by atoms with Crippen molar-refractivity contribution >= 4 is 27.5 Å². The molecule has 1 aromatic carbocycles. The Hall–Kier alpha value is -1.89. The molecule has 1 aliphatic rings. The molecule has 0 saturated heterocycles. The van der Waals surface area contributed by atoms with Crippen LogP contribution in [0, 0.1) is 0 Å². The predicted molar refractivity (Wildman–Crippen MR) is 81.8 cm³/mol. The topological polar surface area (TPSA) is 87.6 Å². The van der Waals surface area contributed by atoms with Gasteiger partial charge in [0.2, 0.25) is 5.91 Å². The quantitative estimate of drug-likeness (QED) is 0.870. The number of amidine groups is 1. The van der Waals surface area contributed by atoms with E-state index in [-0.39, 0.29) is 10.8 Å². The molecule has 2 N–H and O–H groups in total. The molecule has 21 heavy (non-hydrogen) atoms. The Morgan fingerprint density at radius 1 is 1.38 bits per heavy atom. The molecule has 7 heteroatoms. The summed E-state index contributed by atoms with van der Waals surface area (Å²) in [5.74, 6) is 0.371. The molecule has 0 fully saturated rings. The van der Waals surface area contributed by atoms with E-state index in [4.69, 9.17) is 0 Å². The molecule has 0 saturated carbocycles. The summed E-state index contributed by atoms with van der Waals surface area (Å²) >= 11 is 0. The van der Waals surface area contributed by atoms with Crippen LogP contribution in [0.25, 0.3) is 0 Å². The summed E-state index contributed by atoms with van der Waals surface area (Å²) in [5, 5.41) is 2.69. The number of hydrogen-bond donors (Lipinski definition) is 2. The average Bonchev–Trinajstić information content (AvgIpc) is 2.91. The number of amides is 1. The van der Waals surface area contributed by atoms with E-state index >= 15 is 0 Å². The molecule has 0 aromatic heterocycles. The van der Waals surface area contributed by atoms with Crippen molar-refractivity contribution in [2.45, 2.75) is 37.5 Å². The second kappa shape index (κ2) is 6.71. The molecule has 0 unspecified atom stereocenters. The van der Waals surface area contributed by atoms with E-state index in [0.717, 1.165) is 12.8 Å². The maximum atomic E-state index is 12.2. The highest BCUT2D eigenvalue weighted by Gasteiger charge is 2.18. The second-order valence-corrected chi connectivity index (χ2v) is 6.55. The number of carbonyl (C=O) groups excluding carboxylic acids is 1. The zero-order valence-electron chi connectivity index (χ0n) is 11.9. The van der Waals surface area contributed by atoms with Crippen molar-refractivity contribution in [3.05, 3.63) is 24.3 Å². The van der Waals surface area contributed by atoms with Gasteiger partial charge in [0.25, 0.3) is 10.0 Å². The van der Waals surface area contributed by atoms with Crippen molar-refractivity contribution in [3.8, 4) is 0 Å². The molecule has 0 aliphatic carbocycles. The second-order valence-electron chi connectivity index (χ2n) is 4.86. The number of aliphatic imine (C=N–C) groups is 1. The van der Waals surface area contributed by atoms with Crippen LogP contribution in [0.4, 0.5) is 5.69 Å². The lowest BCUT2D eigenvalue weighted by atomic mass is 10.3. The highest BCUT2D eigenvalue weighted by molar-refractivity contribution is 7.90. The first-order chi connectivity index (χ1) is 10.0. The van der Waals surface area contributed by atoms with Crippen LogP contribution in [-0.2, 0) is 14.8 Å². The maximum absolute atomic E-state index is 12.2. The zero-order valence-corrected chi connectivity index (χ0v) is 12.7. The van der Waals surface area contributed by atoms with E-state index < -0.39 is 10.0 Å². The van der Waals surface area contributed by atoms with Crippen molar-refractivity contribution in [1.82, 2.24) is 4.72 Å². The molecule has 1 heterocycles. The van der Waals surface area contributed by atoms with Crippen molar-refractivity contribution < 1.29 is 13.2 Å². The van der Waals surface area contributed by atoms with Gasteiger partial charge in [-0.2, -0.15) is 0 Å². The Morgan fingerprint density at radius 2 is 2.19 bits per heavy atom. The van der Waals surface area contributed by atoms with Gasteiger partial charge in [-0.15, -0.1) is 0 Å². The molecule has 0 bridgehead atoms. The highest BCUT2D eigenvalue weighted by Crippen LogP contribution is 2.16. The molecule has 1 amide bonds. The summed E-state index contributed by atoms with van der Waals surface area (Å²) < 4.78 is 27.0. The van der Waals surface area contributed by atoms with Gasteiger partial charge in [0.1, 0.15) is 5.84 Å². The molecular formula is C14H19N3O3S. The van der Waals surface area contributed by atoms with Gasteiger partial charge in [-0.05, 0) is 31.0 Å². The summed E-state index contributed by atoms with van der Waals surface area (Å²) in [6.45, 7) is 2.57. The van der Waals surface area contributed by atoms with Crippen molar-refractivity contribution in [1.29, 1.82) is 0 Å². The molecule has 0 radical (unpaired) electrons. The van der Waals surface area contributed by atoms with Crippen LogP contribution in [0.15, 0.2) is 34.2 Å². The molecule has 0 spiro atoms. The lowest BCUT2D eigenvalue weighted by Crippen LogP contribution is -2.29. The lowest BCUT2D eigenvalue weighted by molar-refractivity contribution is -0.116. The third-order valence-electron chi connectivity index (χ3n) is 3.03. The fourth-order valence-electron chi connectivity index (χ4n) is 2.03. The van der Waals surface area contributed by atoms with Gasteiger partial charge in [0, 0.05) is 25.1 Å². The third-order valence-corrected chi connectivity index (χ3v) is 4.41. The molecular weight excluding hydrogens is 290 g/mol. The molecule has 114 valence electrons. The normalized spacial score (nSPS) is 14.6. The number of rotatable bonds is 5. The summed E-state index contributed by atoms with van der Waals surface area (Å²) in [7, 11) is -3.65. The Bertz CT molecular complexity index is 653. The fourth-order valence-corrected chi connectivity index (χ4v) is 3.16. The van der Waals surface area contributed by atoms with Crippen LogP contribution < -0.4 is 10.0 Å². The van der Waals surface area contributed by atoms with Crippen LogP contribution in [0.5, 0.6) is 0 Å². The van der Waals surface area contributed by atoms with Gasteiger partial charge < -0.3 is 5.32 Å². The van der Waals surface area contributed by atoms with Gasteiger partial charge >= 0.3 is 0 Å². The predicted octanol–water partition coefficient (Wildman–Crippen LogP) is 1.90. The van der Waals surface area contributed by atoms with Crippen LogP contribution in [0.3, 0.4) is 0 Å². The van der Waals surface area contributed by atoms with Gasteiger partial charge in [-0.25, -0.2) is 8.42 Å². The highest BCUT2D eigenvalue weighted by atomic mass is 32.2. The number of nitrogens with one attached hydrogen (secondary N) is 2. The van der Waals surface area contributed by atoms with Crippen LogP contribution in [0.1, 0.15) is 32.6 Å². The lowest BCUT2D eigenvalue weighted by Gasteiger charge is -2.10. The summed E-state index contributed by atoms with van der Waals surface area (Å²) in [4.78, 5) is 15.8. The van der Waals surface area contributed by atoms with Gasteiger partial charge in [0.15, 0.2) is 0 Å². The van der Waals surface area contributed by atoms with E-state index in [2.05, 4.69) is 15.0 Å². The van der Waals surface area contributed by atoms with Gasteiger partial charge in [-0.1, -0.05) is 13.0 Å². The first-order valence-electron chi connectivity index (χ1n) is 6.97. The monoisotopic (exact) mass is 309 g/mol. The van der Waals surface area contributed by atoms with Crippen LogP contribution >= 0.6 is 0 Å². The van der Waals surface area contributed by atoms with Gasteiger partial charge in [0.05, 0.1) is 4.90 Å². The standard InChI is InChI=1S/C14H19N3O3S/c1-2-5-14(18)16-11-6-3-7-12(10-11)21(19,20)17-13-8-4-9-15-13/h3,6-7,10H,2,4-5,8-9H2,1H3,(H,15,17)(H,16,18). The third kappa shape index (κ3) is 4.29. The number of benzene rings is 1. The number of nitrogens with zero attached hydrogens (tertiary/aromatic N) is 1. The Morgan fingerprint density at radius 3 is 2.86 bits per heavy atom. The Kier molecular flexibility index (Phi) is 4.95. The first kappa shape index (κ1) is 15.5. The average molecular weight is 309 g/mol. The van der Waals surface area contributed by atoms with E-state index in [1.54, 1.807) is 12.1 Å². The molecule has 0 atom stereocenters. The van der Waals surface area contributed by atoms with Crippen molar-refractivity contribution in [2.75, 3.05) is 11.9 Å². The Balaban J connectivity index is 2.14. The minimum atomic E-state index is -3.65. The van der Waals surface area contributed by atoms with E-state index in [0.29, 0.717) is 30.9 Å². The molecule has 1 aliphatic heterocycles. The summed E-state index contributed by atoms with van der Waals surface area (Å²) in [6, 6.07) is 6.21. The van der Waals surface area contributed by atoms with E-state index in [9.17, 15) is 13.2 Å². The number of sulfonamides is 1. The zero-order chi connectivity index (χ0) is 15.3. The van der Waals surface area contributed by atoms with Gasteiger partial charge in [-0.3, -0.25) is 14.5 Å². The largest absolute Gasteiger partial charge is 0.326 e. The van der Waals surface area contributed by atoms with E-state index in [1.165, 1.54) is 12.1 Å². The number of anilines is 1. The smallest absolute Gasteiger partial charge is 0.262 e. The van der Waals surface area contributed by atoms with Crippen molar-refractivity contribution in [3.63, 3.8) is 0 Å². The molecule has 1 aromatic rings. The maximum Gasteiger partial charge on any atom is 0.262 e. The van der Waals surface area contributed by atoms with Crippen LogP contribution in [0.2, 0.25) is 0 Å². The Labute approximate surface area is 124 Å². The minimum absolute atomic E-state index is 0.117. The summed E-state index contributed by atoms with van der Waals surface area (Å²) in [6.07, 6.45) is 2.66. The first-order valence-corrected chi connectivity index (χ1v) is 8.45. The van der Waals surface area contributed by atoms with Crippen molar-refractivity contribution in [2.24, 2.45) is 4.99 Å². The SMILES string of the molecule is CCCC(=O)Nc1cccc(S(=O)(=O)NC2=NCCC2)c1. The number of carbonyl (C=O) groups is 1. The molecule has 2 rings (SSSR count). The number of hydrogen-bond acceptors (Lipinski definition) is 4. The summed E-state index contributed by atoms with van der Waals surface area (Å²) in [5.41, 5.74) is 0.477. The fraction of sp³-hybridized carbons (Fsp3) is 0.429. The molecule has 6 nitrogen and oxygen atoms in total. The van der Waals surface area contributed by atoms with Crippen LogP contribution in [-0.4, -0.2) is 26.7 Å². The van der Waals surface area contributed by atoms with E-state index in [1.807, 2.05) is 6.92 Å².